The Balaban J connectivity index is 2.13. The number of fused-ring (bicyclic) bond motifs is 1. The number of amides is 1. The highest BCUT2D eigenvalue weighted by atomic mass is 16.6. The van der Waals surface area contributed by atoms with E-state index in [1.165, 1.54) is 49.1 Å². The molecule has 138 valence electrons. The van der Waals surface area contributed by atoms with E-state index >= 15 is 0 Å². The highest BCUT2D eigenvalue weighted by Crippen LogP contribution is 2.22. The minimum atomic E-state index is -0.580. The molecule has 2 aromatic heterocycles. The molecule has 0 aliphatic carbocycles. The lowest BCUT2D eigenvalue weighted by atomic mass is 10.1. The average molecular weight is 369 g/mol. The summed E-state index contributed by atoms with van der Waals surface area (Å²) in [5.41, 5.74) is -0.145. The Morgan fingerprint density at radius 3 is 2.37 bits per heavy atom. The Labute approximate surface area is 151 Å². The van der Waals surface area contributed by atoms with E-state index < -0.39 is 22.1 Å². The maximum absolute atomic E-state index is 12.6. The summed E-state index contributed by atoms with van der Waals surface area (Å²) in [4.78, 5) is 51.5. The first-order chi connectivity index (χ1) is 12.7. The number of anilines is 1. The number of carbonyl (C=O) groups excluding carboxylic acids is 1. The zero-order valence-corrected chi connectivity index (χ0v) is 14.7. The number of non-ortho nitro benzene ring substituents is 1. The van der Waals surface area contributed by atoms with E-state index in [2.05, 4.69) is 10.3 Å². The van der Waals surface area contributed by atoms with Crippen LogP contribution in [0.15, 0.2) is 40.1 Å². The van der Waals surface area contributed by atoms with Crippen molar-refractivity contribution in [1.29, 1.82) is 0 Å². The molecule has 0 bridgehead atoms. The number of rotatable bonds is 3. The number of nitro benzene ring substituents is 1. The fraction of sp³-hybridized carbons (Fsp3) is 0.176. The third-order valence-corrected chi connectivity index (χ3v) is 4.24. The van der Waals surface area contributed by atoms with Crippen molar-refractivity contribution in [3.05, 3.63) is 72.5 Å². The van der Waals surface area contributed by atoms with Crippen molar-refractivity contribution in [3.8, 4) is 0 Å². The summed E-state index contributed by atoms with van der Waals surface area (Å²) in [6, 6.07) is 5.07. The van der Waals surface area contributed by atoms with Crippen molar-refractivity contribution < 1.29 is 9.72 Å². The number of hydrogen-bond acceptors (Lipinski definition) is 6. The topological polar surface area (TPSA) is 129 Å². The molecule has 0 saturated carbocycles. The van der Waals surface area contributed by atoms with Crippen LogP contribution in [0.2, 0.25) is 0 Å². The summed E-state index contributed by atoms with van der Waals surface area (Å²) >= 11 is 0. The second-order valence-electron chi connectivity index (χ2n) is 5.98. The van der Waals surface area contributed by atoms with Crippen molar-refractivity contribution in [2.24, 2.45) is 14.1 Å². The van der Waals surface area contributed by atoms with Gasteiger partial charge in [-0.1, -0.05) is 0 Å². The van der Waals surface area contributed by atoms with E-state index in [4.69, 9.17) is 0 Å². The first-order valence-corrected chi connectivity index (χ1v) is 7.83. The molecule has 1 aromatic carbocycles. The summed E-state index contributed by atoms with van der Waals surface area (Å²) in [6.45, 7) is 1.67. The van der Waals surface area contributed by atoms with E-state index in [0.29, 0.717) is 5.56 Å². The number of aryl methyl sites for hydroxylation is 2. The van der Waals surface area contributed by atoms with Gasteiger partial charge in [0.15, 0.2) is 5.65 Å². The average Bonchev–Trinajstić information content (AvgIpc) is 2.66. The molecule has 0 spiro atoms. The first kappa shape index (κ1) is 18.0. The third kappa shape index (κ3) is 2.97. The minimum Gasteiger partial charge on any atom is -0.321 e. The van der Waals surface area contributed by atoms with Crippen molar-refractivity contribution in [3.63, 3.8) is 0 Å². The van der Waals surface area contributed by atoms with E-state index in [9.17, 15) is 24.5 Å². The zero-order chi connectivity index (χ0) is 19.9. The Bertz CT molecular complexity index is 1210. The Morgan fingerprint density at radius 2 is 1.78 bits per heavy atom. The molecule has 10 nitrogen and oxygen atoms in total. The molecule has 3 aromatic rings. The number of hydrogen-bond donors (Lipinski definition) is 1. The molecule has 27 heavy (non-hydrogen) atoms. The van der Waals surface area contributed by atoms with Crippen LogP contribution < -0.4 is 16.6 Å². The number of carbonyl (C=O) groups is 1. The monoisotopic (exact) mass is 369 g/mol. The summed E-state index contributed by atoms with van der Waals surface area (Å²) < 4.78 is 2.16. The molecule has 1 amide bonds. The van der Waals surface area contributed by atoms with Crippen LogP contribution in [-0.2, 0) is 14.1 Å². The predicted octanol–water partition coefficient (Wildman–Crippen LogP) is 1.10. The molecule has 2 heterocycles. The smallest absolute Gasteiger partial charge is 0.321 e. The van der Waals surface area contributed by atoms with Gasteiger partial charge in [-0.25, -0.2) is 9.78 Å². The van der Waals surface area contributed by atoms with Crippen LogP contribution in [0.3, 0.4) is 0 Å². The van der Waals surface area contributed by atoms with Gasteiger partial charge in [0.05, 0.1) is 10.6 Å². The van der Waals surface area contributed by atoms with Crippen LogP contribution in [0, 0.1) is 17.0 Å². The molecule has 3 rings (SSSR count). The fourth-order valence-corrected chi connectivity index (χ4v) is 2.70. The lowest BCUT2D eigenvalue weighted by molar-refractivity contribution is -0.384. The molecule has 1 N–H and O–H groups in total. The van der Waals surface area contributed by atoms with Gasteiger partial charge in [0.25, 0.3) is 17.2 Å². The Kier molecular flexibility index (Phi) is 4.32. The quantitative estimate of drug-likeness (QED) is 0.544. The maximum atomic E-state index is 12.6. The molecule has 0 aliphatic rings. The molecule has 0 radical (unpaired) electrons. The molecule has 0 atom stereocenters. The van der Waals surface area contributed by atoms with Gasteiger partial charge in [0.2, 0.25) is 0 Å². The largest absolute Gasteiger partial charge is 0.332 e. The van der Waals surface area contributed by atoms with Gasteiger partial charge in [0, 0.05) is 38.0 Å². The van der Waals surface area contributed by atoms with Gasteiger partial charge < -0.3 is 5.32 Å². The van der Waals surface area contributed by atoms with Gasteiger partial charge >= 0.3 is 5.69 Å². The zero-order valence-electron chi connectivity index (χ0n) is 14.7. The van der Waals surface area contributed by atoms with Crippen LogP contribution in [0.1, 0.15) is 15.9 Å². The van der Waals surface area contributed by atoms with Crippen molar-refractivity contribution >= 4 is 28.3 Å². The molecule has 0 saturated heterocycles. The van der Waals surface area contributed by atoms with Crippen LogP contribution >= 0.6 is 0 Å². The fourth-order valence-electron chi connectivity index (χ4n) is 2.70. The number of aromatic nitrogens is 3. The van der Waals surface area contributed by atoms with Crippen LogP contribution in [0.5, 0.6) is 0 Å². The minimum absolute atomic E-state index is 0.106. The van der Waals surface area contributed by atoms with Gasteiger partial charge in [-0.15, -0.1) is 0 Å². The molecule has 0 aliphatic heterocycles. The Morgan fingerprint density at radius 1 is 1.15 bits per heavy atom. The number of pyridine rings is 1. The molecular weight excluding hydrogens is 354 g/mol. The lowest BCUT2D eigenvalue weighted by Gasteiger charge is -2.13. The van der Waals surface area contributed by atoms with Gasteiger partial charge in [-0.2, -0.15) is 0 Å². The van der Waals surface area contributed by atoms with E-state index in [1.807, 2.05) is 0 Å². The third-order valence-electron chi connectivity index (χ3n) is 4.24. The first-order valence-electron chi connectivity index (χ1n) is 7.83. The second-order valence-corrected chi connectivity index (χ2v) is 5.98. The summed E-state index contributed by atoms with van der Waals surface area (Å²) in [6.07, 6.45) is 1.45. The number of nitrogens with zero attached hydrogens (tertiary/aromatic N) is 4. The molecule has 0 unspecified atom stereocenters. The number of benzene rings is 1. The normalized spacial score (nSPS) is 10.8. The van der Waals surface area contributed by atoms with Gasteiger partial charge in [-0.05, 0) is 24.6 Å². The van der Waals surface area contributed by atoms with Crippen molar-refractivity contribution in [2.75, 3.05) is 5.32 Å². The summed E-state index contributed by atoms with van der Waals surface area (Å²) in [5.74, 6) is -0.545. The van der Waals surface area contributed by atoms with Gasteiger partial charge in [-0.3, -0.25) is 28.8 Å². The second kappa shape index (κ2) is 6.48. The molecule has 10 heteroatoms. The lowest BCUT2D eigenvalue weighted by Crippen LogP contribution is -2.37. The summed E-state index contributed by atoms with van der Waals surface area (Å²) in [5, 5.41) is 13.5. The van der Waals surface area contributed by atoms with E-state index in [1.54, 1.807) is 6.92 Å². The molecule has 0 fully saturated rings. The van der Waals surface area contributed by atoms with Crippen LogP contribution in [0.4, 0.5) is 11.4 Å². The highest BCUT2D eigenvalue weighted by Gasteiger charge is 2.18. The number of nitro groups is 1. The summed E-state index contributed by atoms with van der Waals surface area (Å²) in [7, 11) is 2.82. The van der Waals surface area contributed by atoms with E-state index in [-0.39, 0.29) is 28.0 Å². The Hall–Kier alpha value is -3.82. The maximum Gasteiger partial charge on any atom is 0.332 e. The molecular formula is C17H15N5O5. The number of nitrogens with one attached hydrogen (secondary N) is 1. The predicted molar refractivity (Wildman–Crippen MR) is 98.0 cm³/mol. The van der Waals surface area contributed by atoms with Gasteiger partial charge in [0.1, 0.15) is 5.39 Å². The van der Waals surface area contributed by atoms with E-state index in [0.717, 1.165) is 4.57 Å². The van der Waals surface area contributed by atoms with Crippen molar-refractivity contribution in [2.45, 2.75) is 6.92 Å². The van der Waals surface area contributed by atoms with Crippen LogP contribution in [0.25, 0.3) is 11.0 Å². The van der Waals surface area contributed by atoms with Crippen LogP contribution in [-0.4, -0.2) is 24.9 Å². The highest BCUT2D eigenvalue weighted by molar-refractivity contribution is 6.08. The standard InChI is InChI=1S/C17H15N5O5/c1-9-8-18-14-12(16(24)21(3)17(25)20(14)2)13(9)19-15(23)10-4-6-11(7-5-10)22(26)27/h4-8H,1-3H3,(H,18,19,23). The van der Waals surface area contributed by atoms with Crippen molar-refractivity contribution in [1.82, 2.24) is 14.1 Å². The SMILES string of the molecule is Cc1cnc2c(c1NC(=O)c1ccc([N+](=O)[O-])cc1)c(=O)n(C)c(=O)n2C.